The molecule has 2 aliphatic rings. The predicted octanol–water partition coefficient (Wildman–Crippen LogP) is 2.30. The number of ether oxygens (including phenoxy) is 1. The fourth-order valence-corrected chi connectivity index (χ4v) is 4.21. The number of nitrogens with zero attached hydrogens (tertiary/aromatic N) is 7. The van der Waals surface area contributed by atoms with Crippen LogP contribution in [0.5, 0.6) is 0 Å². The standard InChI is InChI=1S/C22H25N7O/c1-5-23-6-2-17(1)22-26-20(18-14-24-16-25-15-18)13-21(27-22)29-7-3-19(4-8-29)28-9-11-30-12-10-28/h1-2,5-6,13-16,19H,3-4,7-12H2. The number of aromatic nitrogens is 5. The minimum Gasteiger partial charge on any atom is -0.379 e. The normalized spacial score (nSPS) is 18.5. The van der Waals surface area contributed by atoms with E-state index in [1.54, 1.807) is 24.8 Å². The Morgan fingerprint density at radius 2 is 1.57 bits per heavy atom. The first-order valence-corrected chi connectivity index (χ1v) is 10.5. The molecule has 0 bridgehead atoms. The summed E-state index contributed by atoms with van der Waals surface area (Å²) in [5, 5.41) is 0. The van der Waals surface area contributed by atoms with E-state index < -0.39 is 0 Å². The van der Waals surface area contributed by atoms with Crippen molar-refractivity contribution >= 4 is 5.82 Å². The van der Waals surface area contributed by atoms with Crippen LogP contribution < -0.4 is 4.90 Å². The van der Waals surface area contributed by atoms with Gasteiger partial charge in [-0.2, -0.15) is 0 Å². The Morgan fingerprint density at radius 1 is 0.833 bits per heavy atom. The predicted molar refractivity (Wildman–Crippen MR) is 114 cm³/mol. The van der Waals surface area contributed by atoms with Gasteiger partial charge in [0.15, 0.2) is 5.82 Å². The van der Waals surface area contributed by atoms with E-state index in [1.807, 2.05) is 12.1 Å². The summed E-state index contributed by atoms with van der Waals surface area (Å²) >= 11 is 0. The first-order chi connectivity index (χ1) is 14.9. The van der Waals surface area contributed by atoms with Crippen molar-refractivity contribution in [3.05, 3.63) is 49.3 Å². The third-order valence-corrected chi connectivity index (χ3v) is 5.86. The smallest absolute Gasteiger partial charge is 0.162 e. The summed E-state index contributed by atoms with van der Waals surface area (Å²) in [5.74, 6) is 1.65. The lowest BCUT2D eigenvalue weighted by Crippen LogP contribution is -2.49. The number of morpholine rings is 1. The molecule has 0 N–H and O–H groups in total. The van der Waals surface area contributed by atoms with E-state index in [9.17, 15) is 0 Å². The molecule has 2 saturated heterocycles. The lowest BCUT2D eigenvalue weighted by atomic mass is 10.0. The summed E-state index contributed by atoms with van der Waals surface area (Å²) in [6, 6.07) is 6.57. The molecule has 0 spiro atoms. The minimum absolute atomic E-state index is 0.633. The number of rotatable bonds is 4. The molecule has 3 aromatic rings. The van der Waals surface area contributed by atoms with Gasteiger partial charge < -0.3 is 9.64 Å². The van der Waals surface area contributed by atoms with Crippen molar-refractivity contribution in [2.45, 2.75) is 18.9 Å². The van der Waals surface area contributed by atoms with E-state index in [4.69, 9.17) is 14.7 Å². The van der Waals surface area contributed by atoms with Gasteiger partial charge in [-0.1, -0.05) is 0 Å². The molecule has 8 heteroatoms. The second-order valence-electron chi connectivity index (χ2n) is 7.66. The van der Waals surface area contributed by atoms with Crippen molar-refractivity contribution < 1.29 is 4.74 Å². The summed E-state index contributed by atoms with van der Waals surface area (Å²) in [4.78, 5) is 27.1. The van der Waals surface area contributed by atoms with Crippen LogP contribution in [0.2, 0.25) is 0 Å². The van der Waals surface area contributed by atoms with Gasteiger partial charge in [-0.3, -0.25) is 9.88 Å². The molecular weight excluding hydrogens is 378 g/mol. The van der Waals surface area contributed by atoms with Crippen LogP contribution in [0.25, 0.3) is 22.6 Å². The highest BCUT2D eigenvalue weighted by atomic mass is 16.5. The van der Waals surface area contributed by atoms with E-state index in [-0.39, 0.29) is 0 Å². The number of hydrogen-bond acceptors (Lipinski definition) is 8. The molecule has 154 valence electrons. The van der Waals surface area contributed by atoms with Gasteiger partial charge in [-0.25, -0.2) is 19.9 Å². The van der Waals surface area contributed by atoms with Crippen LogP contribution in [0, 0.1) is 0 Å². The Bertz CT molecular complexity index is 898. The second-order valence-corrected chi connectivity index (χ2v) is 7.66. The molecule has 5 heterocycles. The van der Waals surface area contributed by atoms with E-state index in [1.165, 1.54) is 6.33 Å². The van der Waals surface area contributed by atoms with Gasteiger partial charge in [0, 0.05) is 74.2 Å². The van der Waals surface area contributed by atoms with Crippen molar-refractivity contribution in [3.8, 4) is 22.6 Å². The first-order valence-electron chi connectivity index (χ1n) is 10.5. The number of piperidine rings is 1. The largest absolute Gasteiger partial charge is 0.379 e. The third kappa shape index (κ3) is 4.15. The molecule has 8 nitrogen and oxygen atoms in total. The maximum atomic E-state index is 5.51. The summed E-state index contributed by atoms with van der Waals surface area (Å²) in [5.41, 5.74) is 2.68. The molecule has 0 aromatic carbocycles. The van der Waals surface area contributed by atoms with Crippen molar-refractivity contribution in [2.75, 3.05) is 44.3 Å². The van der Waals surface area contributed by atoms with E-state index >= 15 is 0 Å². The highest BCUT2D eigenvalue weighted by Crippen LogP contribution is 2.28. The fraction of sp³-hybridized carbons (Fsp3) is 0.409. The molecule has 3 aromatic heterocycles. The Labute approximate surface area is 176 Å². The molecule has 2 aliphatic heterocycles. The zero-order valence-corrected chi connectivity index (χ0v) is 16.9. The van der Waals surface area contributed by atoms with Gasteiger partial charge >= 0.3 is 0 Å². The molecular formula is C22H25N7O. The molecule has 0 amide bonds. The molecule has 0 unspecified atom stereocenters. The highest BCUT2D eigenvalue weighted by molar-refractivity contribution is 5.66. The topological polar surface area (TPSA) is 80.2 Å². The van der Waals surface area contributed by atoms with Crippen molar-refractivity contribution in [1.82, 2.24) is 29.8 Å². The van der Waals surface area contributed by atoms with Crippen LogP contribution in [0.15, 0.2) is 49.3 Å². The van der Waals surface area contributed by atoms with Crippen LogP contribution >= 0.6 is 0 Å². The van der Waals surface area contributed by atoms with Gasteiger partial charge in [0.25, 0.3) is 0 Å². The highest BCUT2D eigenvalue weighted by Gasteiger charge is 2.27. The summed E-state index contributed by atoms with van der Waals surface area (Å²) in [7, 11) is 0. The van der Waals surface area contributed by atoms with Crippen molar-refractivity contribution in [1.29, 1.82) is 0 Å². The van der Waals surface area contributed by atoms with Gasteiger partial charge in [-0.05, 0) is 25.0 Å². The zero-order chi connectivity index (χ0) is 20.2. The third-order valence-electron chi connectivity index (χ3n) is 5.86. The van der Waals surface area contributed by atoms with Gasteiger partial charge in [0.1, 0.15) is 12.1 Å². The molecule has 0 aliphatic carbocycles. The van der Waals surface area contributed by atoms with E-state index in [0.29, 0.717) is 11.9 Å². The zero-order valence-electron chi connectivity index (χ0n) is 16.9. The molecule has 5 rings (SSSR count). The minimum atomic E-state index is 0.633. The maximum Gasteiger partial charge on any atom is 0.162 e. The number of anilines is 1. The van der Waals surface area contributed by atoms with Crippen molar-refractivity contribution in [2.24, 2.45) is 0 Å². The lowest BCUT2D eigenvalue weighted by molar-refractivity contribution is 0.0115. The van der Waals surface area contributed by atoms with Crippen LogP contribution in [0.1, 0.15) is 12.8 Å². The average molecular weight is 403 g/mol. The summed E-state index contributed by atoms with van der Waals surface area (Å²) in [6.45, 7) is 5.76. The monoisotopic (exact) mass is 403 g/mol. The molecule has 0 saturated carbocycles. The van der Waals surface area contributed by atoms with Crippen LogP contribution in [0.3, 0.4) is 0 Å². The summed E-state index contributed by atoms with van der Waals surface area (Å²) in [6.07, 6.45) is 10.9. The van der Waals surface area contributed by atoms with E-state index in [0.717, 1.165) is 74.9 Å². The van der Waals surface area contributed by atoms with Crippen LogP contribution in [-0.4, -0.2) is 75.3 Å². The second kappa shape index (κ2) is 8.81. The van der Waals surface area contributed by atoms with Crippen LogP contribution in [0.4, 0.5) is 5.82 Å². The van der Waals surface area contributed by atoms with Crippen LogP contribution in [-0.2, 0) is 4.74 Å². The SMILES string of the molecule is c1cc(-c2nc(-c3cncnc3)cc(N3CCC(N4CCOCC4)CC3)n2)ccn1. The van der Waals surface area contributed by atoms with Crippen molar-refractivity contribution in [3.63, 3.8) is 0 Å². The Morgan fingerprint density at radius 3 is 2.30 bits per heavy atom. The van der Waals surface area contributed by atoms with Gasteiger partial charge in [0.2, 0.25) is 0 Å². The quantitative estimate of drug-likeness (QED) is 0.657. The van der Waals surface area contributed by atoms with E-state index in [2.05, 4.69) is 30.8 Å². The lowest BCUT2D eigenvalue weighted by Gasteiger charge is -2.40. The number of pyridine rings is 1. The van der Waals surface area contributed by atoms with Gasteiger partial charge in [0.05, 0.1) is 18.9 Å². The molecule has 0 radical (unpaired) electrons. The average Bonchev–Trinajstić information content (AvgIpc) is 2.85. The fourth-order valence-electron chi connectivity index (χ4n) is 4.21. The molecule has 2 fully saturated rings. The molecule has 30 heavy (non-hydrogen) atoms. The Balaban J connectivity index is 1.41. The maximum absolute atomic E-state index is 5.51. The van der Waals surface area contributed by atoms with Gasteiger partial charge in [-0.15, -0.1) is 0 Å². The first kappa shape index (κ1) is 19.0. The Kier molecular flexibility index (Phi) is 5.58. The summed E-state index contributed by atoms with van der Waals surface area (Å²) < 4.78 is 5.51. The Hall–Kier alpha value is -2.97. The number of hydrogen-bond donors (Lipinski definition) is 0. The molecule has 0 atom stereocenters.